The predicted molar refractivity (Wildman–Crippen MR) is 71.1 cm³/mol. The highest BCUT2D eigenvalue weighted by Gasteiger charge is 2.05. The number of nitriles is 1. The van der Waals surface area contributed by atoms with Crippen molar-refractivity contribution in [3.05, 3.63) is 52.1 Å². The Balaban J connectivity index is 2.34. The van der Waals surface area contributed by atoms with E-state index in [-0.39, 0.29) is 0 Å². The van der Waals surface area contributed by atoms with Crippen molar-refractivity contribution in [1.82, 2.24) is 4.98 Å². The molecule has 0 saturated heterocycles. The molecule has 0 fully saturated rings. The van der Waals surface area contributed by atoms with Gasteiger partial charge in [0.15, 0.2) is 0 Å². The van der Waals surface area contributed by atoms with Gasteiger partial charge in [-0.25, -0.2) is 4.98 Å². The molecule has 0 amide bonds. The summed E-state index contributed by atoms with van der Waals surface area (Å²) in [6.07, 6.45) is 1.71. The van der Waals surface area contributed by atoms with Crippen molar-refractivity contribution in [2.75, 3.05) is 5.32 Å². The van der Waals surface area contributed by atoms with E-state index in [2.05, 4.69) is 32.3 Å². The van der Waals surface area contributed by atoms with Gasteiger partial charge in [0.2, 0.25) is 0 Å². The van der Waals surface area contributed by atoms with Crippen LogP contribution < -0.4 is 5.32 Å². The van der Waals surface area contributed by atoms with Crippen LogP contribution >= 0.6 is 15.9 Å². The molecule has 3 nitrogen and oxygen atoms in total. The number of rotatable bonds is 2. The molecular formula is C13H10BrN3. The van der Waals surface area contributed by atoms with E-state index in [0.717, 1.165) is 21.5 Å². The van der Waals surface area contributed by atoms with Gasteiger partial charge in [-0.15, -0.1) is 0 Å². The predicted octanol–water partition coefficient (Wildman–Crippen LogP) is 3.77. The van der Waals surface area contributed by atoms with Gasteiger partial charge >= 0.3 is 0 Å². The van der Waals surface area contributed by atoms with E-state index in [4.69, 9.17) is 5.26 Å². The Morgan fingerprint density at radius 1 is 1.29 bits per heavy atom. The molecule has 0 saturated carbocycles. The van der Waals surface area contributed by atoms with Crippen LogP contribution in [0.4, 0.5) is 11.5 Å². The normalized spacial score (nSPS) is 9.71. The molecule has 2 aromatic rings. The standard InChI is InChI=1S/C13H10BrN3/c1-9-3-2-4-12(11(9)7-15)17-13-6-5-10(14)8-16-13/h2-6,8H,1H3,(H,16,17). The first-order valence-corrected chi connectivity index (χ1v) is 5.88. The summed E-state index contributed by atoms with van der Waals surface area (Å²) in [7, 11) is 0. The van der Waals surface area contributed by atoms with Crippen LogP contribution in [0.5, 0.6) is 0 Å². The lowest BCUT2D eigenvalue weighted by atomic mass is 10.1. The number of halogens is 1. The number of hydrogen-bond donors (Lipinski definition) is 1. The lowest BCUT2D eigenvalue weighted by molar-refractivity contribution is 1.28. The summed E-state index contributed by atoms with van der Waals surface area (Å²) in [5.74, 6) is 0.718. The number of aryl methyl sites for hydroxylation is 1. The molecule has 2 rings (SSSR count). The van der Waals surface area contributed by atoms with Crippen LogP contribution in [0.2, 0.25) is 0 Å². The van der Waals surface area contributed by atoms with Crippen molar-refractivity contribution in [2.24, 2.45) is 0 Å². The maximum atomic E-state index is 9.10. The Kier molecular flexibility index (Phi) is 3.40. The summed E-state index contributed by atoms with van der Waals surface area (Å²) < 4.78 is 0.924. The topological polar surface area (TPSA) is 48.7 Å². The van der Waals surface area contributed by atoms with Crippen LogP contribution in [0.3, 0.4) is 0 Å². The van der Waals surface area contributed by atoms with Crippen LogP contribution in [0.25, 0.3) is 0 Å². The van der Waals surface area contributed by atoms with Crippen LogP contribution in [-0.2, 0) is 0 Å². The minimum absolute atomic E-state index is 0.650. The van der Waals surface area contributed by atoms with Crippen molar-refractivity contribution in [3.63, 3.8) is 0 Å². The van der Waals surface area contributed by atoms with Gasteiger partial charge in [-0.05, 0) is 46.6 Å². The molecule has 0 aliphatic rings. The highest BCUT2D eigenvalue weighted by atomic mass is 79.9. The average molecular weight is 288 g/mol. The summed E-state index contributed by atoms with van der Waals surface area (Å²) in [5, 5.41) is 12.2. The summed E-state index contributed by atoms with van der Waals surface area (Å²) in [5.41, 5.74) is 2.38. The molecule has 0 atom stereocenters. The Hall–Kier alpha value is -1.86. The second-order valence-electron chi connectivity index (χ2n) is 3.60. The summed E-state index contributed by atoms with van der Waals surface area (Å²) in [6, 6.07) is 11.7. The average Bonchev–Trinajstić information content (AvgIpc) is 2.32. The van der Waals surface area contributed by atoms with Crippen molar-refractivity contribution in [2.45, 2.75) is 6.92 Å². The molecule has 1 aromatic carbocycles. The largest absolute Gasteiger partial charge is 0.339 e. The van der Waals surface area contributed by atoms with Crippen LogP contribution in [0.15, 0.2) is 41.0 Å². The van der Waals surface area contributed by atoms with Crippen molar-refractivity contribution < 1.29 is 0 Å². The molecule has 0 radical (unpaired) electrons. The second-order valence-corrected chi connectivity index (χ2v) is 4.51. The third kappa shape index (κ3) is 2.63. The number of pyridine rings is 1. The number of benzene rings is 1. The molecular weight excluding hydrogens is 278 g/mol. The molecule has 0 aliphatic heterocycles. The first kappa shape index (κ1) is 11.6. The fraction of sp³-hybridized carbons (Fsp3) is 0.0769. The Labute approximate surface area is 108 Å². The highest BCUT2D eigenvalue weighted by molar-refractivity contribution is 9.10. The minimum atomic E-state index is 0.650. The first-order chi connectivity index (χ1) is 8.20. The van der Waals surface area contributed by atoms with Gasteiger partial charge < -0.3 is 5.32 Å². The van der Waals surface area contributed by atoms with E-state index in [1.807, 2.05) is 37.3 Å². The lowest BCUT2D eigenvalue weighted by Gasteiger charge is -2.08. The molecule has 1 N–H and O–H groups in total. The minimum Gasteiger partial charge on any atom is -0.339 e. The van der Waals surface area contributed by atoms with Gasteiger partial charge in [0.1, 0.15) is 11.9 Å². The molecule has 1 heterocycles. The third-order valence-corrected chi connectivity index (χ3v) is 2.84. The van der Waals surface area contributed by atoms with Crippen molar-refractivity contribution >= 4 is 27.4 Å². The Morgan fingerprint density at radius 2 is 2.12 bits per heavy atom. The Bertz CT molecular complexity index is 570. The second kappa shape index (κ2) is 4.98. The van der Waals surface area contributed by atoms with E-state index in [1.54, 1.807) is 6.20 Å². The van der Waals surface area contributed by atoms with Gasteiger partial charge in [0.25, 0.3) is 0 Å². The van der Waals surface area contributed by atoms with Crippen LogP contribution in [0.1, 0.15) is 11.1 Å². The van der Waals surface area contributed by atoms with E-state index in [0.29, 0.717) is 5.56 Å². The van der Waals surface area contributed by atoms with Gasteiger partial charge in [-0.3, -0.25) is 0 Å². The molecule has 84 valence electrons. The SMILES string of the molecule is Cc1cccc(Nc2ccc(Br)cn2)c1C#N. The van der Waals surface area contributed by atoms with E-state index >= 15 is 0 Å². The maximum absolute atomic E-state index is 9.10. The van der Waals surface area contributed by atoms with E-state index < -0.39 is 0 Å². The number of nitrogens with zero attached hydrogens (tertiary/aromatic N) is 2. The molecule has 1 aromatic heterocycles. The quantitative estimate of drug-likeness (QED) is 0.915. The van der Waals surface area contributed by atoms with Gasteiger partial charge in [-0.1, -0.05) is 12.1 Å². The molecule has 4 heteroatoms. The first-order valence-electron chi connectivity index (χ1n) is 5.09. The van der Waals surface area contributed by atoms with Crippen LogP contribution in [-0.4, -0.2) is 4.98 Å². The van der Waals surface area contributed by atoms with E-state index in [1.165, 1.54) is 0 Å². The monoisotopic (exact) mass is 287 g/mol. The lowest BCUT2D eigenvalue weighted by Crippen LogP contribution is -1.97. The highest BCUT2D eigenvalue weighted by Crippen LogP contribution is 2.22. The third-order valence-electron chi connectivity index (χ3n) is 2.37. The zero-order chi connectivity index (χ0) is 12.3. The zero-order valence-corrected chi connectivity index (χ0v) is 10.8. The van der Waals surface area contributed by atoms with Gasteiger partial charge in [0.05, 0.1) is 11.3 Å². The summed E-state index contributed by atoms with van der Waals surface area (Å²) in [6.45, 7) is 1.92. The number of hydrogen-bond acceptors (Lipinski definition) is 3. The summed E-state index contributed by atoms with van der Waals surface area (Å²) >= 11 is 3.33. The van der Waals surface area contributed by atoms with Crippen molar-refractivity contribution in [1.29, 1.82) is 5.26 Å². The Morgan fingerprint density at radius 3 is 2.76 bits per heavy atom. The van der Waals surface area contributed by atoms with E-state index in [9.17, 15) is 0 Å². The number of nitrogens with one attached hydrogen (secondary N) is 1. The number of anilines is 2. The van der Waals surface area contributed by atoms with Crippen molar-refractivity contribution in [3.8, 4) is 6.07 Å². The molecule has 0 unspecified atom stereocenters. The number of aromatic nitrogens is 1. The maximum Gasteiger partial charge on any atom is 0.130 e. The molecule has 17 heavy (non-hydrogen) atoms. The molecule has 0 spiro atoms. The fourth-order valence-corrected chi connectivity index (χ4v) is 1.74. The molecule has 0 bridgehead atoms. The van der Waals surface area contributed by atoms with Gasteiger partial charge in [0, 0.05) is 10.7 Å². The van der Waals surface area contributed by atoms with Gasteiger partial charge in [-0.2, -0.15) is 5.26 Å². The molecule has 0 aliphatic carbocycles. The zero-order valence-electron chi connectivity index (χ0n) is 9.24. The smallest absolute Gasteiger partial charge is 0.130 e. The summed E-state index contributed by atoms with van der Waals surface area (Å²) in [4.78, 5) is 4.21. The fourth-order valence-electron chi connectivity index (χ4n) is 1.51. The van der Waals surface area contributed by atoms with Crippen LogP contribution in [0, 0.1) is 18.3 Å².